The van der Waals surface area contributed by atoms with Gasteiger partial charge in [-0.15, -0.1) is 0 Å². The van der Waals surface area contributed by atoms with Crippen molar-refractivity contribution in [2.24, 2.45) is 5.92 Å². The standard InChI is InChI=1S/C15H27N3O2S/c1-13(2)11-18(9-8-17(3)4)21(19,20)12-14-6-5-7-15(16)10-14/h5-7,10,13H,8-9,11-12,16H2,1-4H3. The van der Waals surface area contributed by atoms with Crippen molar-refractivity contribution in [2.75, 3.05) is 39.5 Å². The number of anilines is 1. The highest BCUT2D eigenvalue weighted by atomic mass is 32.2. The average molecular weight is 313 g/mol. The summed E-state index contributed by atoms with van der Waals surface area (Å²) in [6, 6.07) is 7.06. The first kappa shape index (κ1) is 17.9. The second-order valence-electron chi connectivity index (χ2n) is 6.06. The lowest BCUT2D eigenvalue weighted by Crippen LogP contribution is -2.39. The third-order valence-electron chi connectivity index (χ3n) is 3.06. The van der Waals surface area contributed by atoms with Crippen molar-refractivity contribution in [1.82, 2.24) is 9.21 Å². The number of nitrogens with two attached hydrogens (primary N) is 1. The van der Waals surface area contributed by atoms with Crippen LogP contribution in [0.15, 0.2) is 24.3 Å². The summed E-state index contributed by atoms with van der Waals surface area (Å²) in [6.07, 6.45) is 0. The third kappa shape index (κ3) is 6.46. The molecule has 120 valence electrons. The summed E-state index contributed by atoms with van der Waals surface area (Å²) in [5, 5.41) is 0. The lowest BCUT2D eigenvalue weighted by Gasteiger charge is -2.25. The van der Waals surface area contributed by atoms with Gasteiger partial charge in [-0.3, -0.25) is 0 Å². The van der Waals surface area contributed by atoms with E-state index >= 15 is 0 Å². The summed E-state index contributed by atoms with van der Waals surface area (Å²) < 4.78 is 26.8. The minimum Gasteiger partial charge on any atom is -0.399 e. The molecule has 6 heteroatoms. The van der Waals surface area contributed by atoms with Gasteiger partial charge < -0.3 is 10.6 Å². The van der Waals surface area contributed by atoms with Crippen molar-refractivity contribution < 1.29 is 8.42 Å². The van der Waals surface area contributed by atoms with Gasteiger partial charge in [-0.25, -0.2) is 12.7 Å². The largest absolute Gasteiger partial charge is 0.399 e. The molecule has 0 aromatic heterocycles. The van der Waals surface area contributed by atoms with E-state index in [0.29, 0.717) is 31.2 Å². The topological polar surface area (TPSA) is 66.6 Å². The van der Waals surface area contributed by atoms with E-state index in [1.807, 2.05) is 32.8 Å². The van der Waals surface area contributed by atoms with Gasteiger partial charge in [0.15, 0.2) is 0 Å². The number of likely N-dealkylation sites (N-methyl/N-ethyl adjacent to an activating group) is 1. The van der Waals surface area contributed by atoms with Crippen LogP contribution in [0.4, 0.5) is 5.69 Å². The number of hydrogen-bond donors (Lipinski definition) is 1. The Hall–Kier alpha value is -1.11. The number of hydrogen-bond acceptors (Lipinski definition) is 4. The highest BCUT2D eigenvalue weighted by Gasteiger charge is 2.23. The Kier molecular flexibility index (Phi) is 6.64. The minimum atomic E-state index is -3.33. The Morgan fingerprint density at radius 2 is 1.86 bits per heavy atom. The van der Waals surface area contributed by atoms with Gasteiger partial charge >= 0.3 is 0 Å². The van der Waals surface area contributed by atoms with Crippen molar-refractivity contribution >= 4 is 15.7 Å². The molecule has 5 nitrogen and oxygen atoms in total. The van der Waals surface area contributed by atoms with E-state index in [2.05, 4.69) is 0 Å². The van der Waals surface area contributed by atoms with Gasteiger partial charge in [-0.05, 0) is 37.7 Å². The van der Waals surface area contributed by atoms with Crippen LogP contribution < -0.4 is 5.73 Å². The third-order valence-corrected chi connectivity index (χ3v) is 4.88. The Labute approximate surface area is 128 Å². The molecule has 0 spiro atoms. The molecule has 0 saturated carbocycles. The molecule has 0 amide bonds. The van der Waals surface area contributed by atoms with E-state index in [4.69, 9.17) is 5.73 Å². The molecular weight excluding hydrogens is 286 g/mol. The maximum Gasteiger partial charge on any atom is 0.218 e. The van der Waals surface area contributed by atoms with Crippen LogP contribution in [0.5, 0.6) is 0 Å². The van der Waals surface area contributed by atoms with E-state index in [1.54, 1.807) is 28.6 Å². The Bertz CT molecular complexity index is 542. The van der Waals surface area contributed by atoms with Gasteiger partial charge in [0.2, 0.25) is 10.0 Å². The van der Waals surface area contributed by atoms with Crippen molar-refractivity contribution in [1.29, 1.82) is 0 Å². The molecule has 0 atom stereocenters. The predicted molar refractivity (Wildman–Crippen MR) is 88.4 cm³/mol. The van der Waals surface area contributed by atoms with Gasteiger partial charge in [-0.2, -0.15) is 0 Å². The molecule has 1 rings (SSSR count). The molecule has 0 aliphatic heterocycles. The number of nitrogen functional groups attached to an aromatic ring is 1. The highest BCUT2D eigenvalue weighted by Crippen LogP contribution is 2.15. The van der Waals surface area contributed by atoms with E-state index in [-0.39, 0.29) is 5.75 Å². The molecule has 0 heterocycles. The molecule has 0 aliphatic rings. The fourth-order valence-corrected chi connectivity index (χ4v) is 3.72. The van der Waals surface area contributed by atoms with Gasteiger partial charge in [0.1, 0.15) is 0 Å². The van der Waals surface area contributed by atoms with Crippen molar-refractivity contribution in [3.05, 3.63) is 29.8 Å². The van der Waals surface area contributed by atoms with Gasteiger partial charge in [-0.1, -0.05) is 26.0 Å². The molecule has 1 aromatic carbocycles. The first-order valence-corrected chi connectivity index (χ1v) is 8.78. The van der Waals surface area contributed by atoms with E-state index in [1.165, 1.54) is 0 Å². The molecule has 1 aromatic rings. The molecule has 0 saturated heterocycles. The van der Waals surface area contributed by atoms with Crippen LogP contribution in [-0.4, -0.2) is 51.4 Å². The van der Waals surface area contributed by atoms with Crippen LogP contribution in [0.1, 0.15) is 19.4 Å². The average Bonchev–Trinajstić information content (AvgIpc) is 2.33. The van der Waals surface area contributed by atoms with E-state index in [9.17, 15) is 8.42 Å². The van der Waals surface area contributed by atoms with Crippen LogP contribution in [-0.2, 0) is 15.8 Å². The lowest BCUT2D eigenvalue weighted by atomic mass is 10.2. The van der Waals surface area contributed by atoms with Crippen LogP contribution in [0.3, 0.4) is 0 Å². The van der Waals surface area contributed by atoms with E-state index < -0.39 is 10.0 Å². The quantitative estimate of drug-likeness (QED) is 0.741. The predicted octanol–water partition coefficient (Wildman–Crippen LogP) is 1.62. The minimum absolute atomic E-state index is 0.00180. The summed E-state index contributed by atoms with van der Waals surface area (Å²) in [7, 11) is 0.553. The number of sulfonamides is 1. The SMILES string of the molecule is CC(C)CN(CCN(C)C)S(=O)(=O)Cc1cccc(N)c1. The summed E-state index contributed by atoms with van der Waals surface area (Å²) in [5.74, 6) is 0.292. The van der Waals surface area contributed by atoms with Crippen LogP contribution >= 0.6 is 0 Å². The molecule has 21 heavy (non-hydrogen) atoms. The second kappa shape index (κ2) is 7.77. The highest BCUT2D eigenvalue weighted by molar-refractivity contribution is 7.88. The molecule has 2 N–H and O–H groups in total. The second-order valence-corrected chi connectivity index (χ2v) is 8.03. The van der Waals surface area contributed by atoms with E-state index in [0.717, 1.165) is 5.56 Å². The first-order valence-electron chi connectivity index (χ1n) is 7.17. The molecule has 0 bridgehead atoms. The van der Waals surface area contributed by atoms with Crippen LogP contribution in [0, 0.1) is 5.92 Å². The first-order chi connectivity index (χ1) is 9.70. The normalized spacial score (nSPS) is 12.5. The molecule has 0 fully saturated rings. The zero-order valence-corrected chi connectivity index (χ0v) is 14.2. The molecule has 0 radical (unpaired) electrons. The summed E-state index contributed by atoms with van der Waals surface area (Å²) >= 11 is 0. The van der Waals surface area contributed by atoms with Crippen LogP contribution in [0.25, 0.3) is 0 Å². The maximum atomic E-state index is 12.6. The van der Waals surface area contributed by atoms with Crippen molar-refractivity contribution in [3.8, 4) is 0 Å². The zero-order valence-electron chi connectivity index (χ0n) is 13.4. The van der Waals surface area contributed by atoms with Gasteiger partial charge in [0.25, 0.3) is 0 Å². The number of rotatable bonds is 8. The zero-order chi connectivity index (χ0) is 16.0. The van der Waals surface area contributed by atoms with Gasteiger partial charge in [0, 0.05) is 25.3 Å². The summed E-state index contributed by atoms with van der Waals surface area (Å²) in [6.45, 7) is 5.81. The summed E-state index contributed by atoms with van der Waals surface area (Å²) in [4.78, 5) is 1.99. The Balaban J connectivity index is 2.87. The monoisotopic (exact) mass is 313 g/mol. The summed E-state index contributed by atoms with van der Waals surface area (Å²) in [5.41, 5.74) is 7.04. The van der Waals surface area contributed by atoms with Crippen LogP contribution in [0.2, 0.25) is 0 Å². The van der Waals surface area contributed by atoms with Crippen molar-refractivity contribution in [2.45, 2.75) is 19.6 Å². The number of benzene rings is 1. The Morgan fingerprint density at radius 1 is 1.19 bits per heavy atom. The smallest absolute Gasteiger partial charge is 0.218 e. The molecule has 0 aliphatic carbocycles. The fraction of sp³-hybridized carbons (Fsp3) is 0.600. The molecular formula is C15H27N3O2S. The van der Waals surface area contributed by atoms with Gasteiger partial charge in [0.05, 0.1) is 5.75 Å². The maximum absolute atomic E-state index is 12.6. The fourth-order valence-electron chi connectivity index (χ4n) is 2.05. The van der Waals surface area contributed by atoms with Crippen molar-refractivity contribution in [3.63, 3.8) is 0 Å². The Morgan fingerprint density at radius 3 is 2.38 bits per heavy atom. The lowest BCUT2D eigenvalue weighted by molar-refractivity contribution is 0.312. The molecule has 0 unspecified atom stereocenters. The number of nitrogens with zero attached hydrogens (tertiary/aromatic N) is 2.